The van der Waals surface area contributed by atoms with Crippen LogP contribution >= 0.6 is 0 Å². The van der Waals surface area contributed by atoms with Crippen LogP contribution in [0.2, 0.25) is 0 Å². The molecule has 1 heterocycles. The minimum absolute atomic E-state index is 0.587. The van der Waals surface area contributed by atoms with E-state index in [2.05, 4.69) is 12.0 Å². The highest BCUT2D eigenvalue weighted by Gasteiger charge is 1.97. The van der Waals surface area contributed by atoms with Gasteiger partial charge >= 0.3 is 0 Å². The summed E-state index contributed by atoms with van der Waals surface area (Å²) in [6, 6.07) is 1.97. The van der Waals surface area contributed by atoms with E-state index in [4.69, 9.17) is 5.73 Å². The minimum atomic E-state index is 0.587. The zero-order chi connectivity index (χ0) is 8.10. The maximum Gasteiger partial charge on any atom is 0.0519 e. The van der Waals surface area contributed by atoms with Gasteiger partial charge in [0.05, 0.1) is 5.69 Å². The van der Waals surface area contributed by atoms with Gasteiger partial charge in [-0.05, 0) is 12.5 Å². The van der Waals surface area contributed by atoms with Gasteiger partial charge in [-0.25, -0.2) is 0 Å². The van der Waals surface area contributed by atoms with Crippen molar-refractivity contribution in [1.82, 2.24) is 9.78 Å². The van der Waals surface area contributed by atoms with Crippen molar-refractivity contribution >= 4 is 0 Å². The van der Waals surface area contributed by atoms with Crippen molar-refractivity contribution in [1.29, 1.82) is 0 Å². The highest BCUT2D eigenvalue weighted by molar-refractivity contribution is 4.99. The van der Waals surface area contributed by atoms with E-state index in [1.54, 1.807) is 6.20 Å². The van der Waals surface area contributed by atoms with Crippen LogP contribution in [0.25, 0.3) is 0 Å². The van der Waals surface area contributed by atoms with Gasteiger partial charge in [-0.2, -0.15) is 5.10 Å². The molecule has 3 heteroatoms. The average Bonchev–Trinajstić information content (AvgIpc) is 2.47. The van der Waals surface area contributed by atoms with Crippen molar-refractivity contribution in [2.45, 2.75) is 32.9 Å². The monoisotopic (exact) mass is 153 g/mol. The predicted molar refractivity (Wildman–Crippen MR) is 45.0 cm³/mol. The molecule has 0 saturated carbocycles. The van der Waals surface area contributed by atoms with Crippen LogP contribution in [-0.2, 0) is 13.1 Å². The summed E-state index contributed by atoms with van der Waals surface area (Å²) in [5, 5.41) is 4.16. The second-order valence-corrected chi connectivity index (χ2v) is 2.60. The Kier molecular flexibility index (Phi) is 3.11. The molecule has 0 atom stereocenters. The number of hydrogen-bond donors (Lipinski definition) is 1. The van der Waals surface area contributed by atoms with Gasteiger partial charge < -0.3 is 5.73 Å². The number of nitrogens with two attached hydrogens (primary N) is 1. The molecule has 0 aromatic carbocycles. The fraction of sp³-hybridized carbons (Fsp3) is 0.625. The van der Waals surface area contributed by atoms with Crippen molar-refractivity contribution in [3.05, 3.63) is 18.0 Å². The first-order valence-electron chi connectivity index (χ1n) is 4.09. The molecule has 1 rings (SSSR count). The molecule has 0 amide bonds. The van der Waals surface area contributed by atoms with Gasteiger partial charge in [0.15, 0.2) is 0 Å². The van der Waals surface area contributed by atoms with E-state index in [0.717, 1.165) is 12.2 Å². The highest BCUT2D eigenvalue weighted by Crippen LogP contribution is 1.99. The Hall–Kier alpha value is -0.830. The van der Waals surface area contributed by atoms with Gasteiger partial charge in [0.2, 0.25) is 0 Å². The summed E-state index contributed by atoms with van der Waals surface area (Å²) < 4.78 is 1.98. The normalized spacial score (nSPS) is 10.4. The smallest absolute Gasteiger partial charge is 0.0519 e. The molecule has 0 spiro atoms. The van der Waals surface area contributed by atoms with Crippen LogP contribution < -0.4 is 5.73 Å². The van der Waals surface area contributed by atoms with Crippen molar-refractivity contribution < 1.29 is 0 Å². The molecule has 2 N–H and O–H groups in total. The molecule has 0 fully saturated rings. The molecule has 0 aliphatic heterocycles. The van der Waals surface area contributed by atoms with Crippen molar-refractivity contribution in [3.63, 3.8) is 0 Å². The average molecular weight is 153 g/mol. The Labute approximate surface area is 67.2 Å². The lowest BCUT2D eigenvalue weighted by molar-refractivity contribution is 0.549. The number of hydrogen-bond acceptors (Lipinski definition) is 2. The van der Waals surface area contributed by atoms with Crippen LogP contribution in [0.15, 0.2) is 12.3 Å². The first-order valence-corrected chi connectivity index (χ1v) is 4.09. The van der Waals surface area contributed by atoms with E-state index in [1.807, 2.05) is 10.7 Å². The third-order valence-corrected chi connectivity index (χ3v) is 1.74. The van der Waals surface area contributed by atoms with E-state index in [9.17, 15) is 0 Å². The molecule has 62 valence electrons. The van der Waals surface area contributed by atoms with Crippen LogP contribution in [0.3, 0.4) is 0 Å². The Balaban J connectivity index is 2.54. The highest BCUT2D eigenvalue weighted by atomic mass is 15.3. The number of unbranched alkanes of at least 4 members (excludes halogenated alkanes) is 1. The summed E-state index contributed by atoms with van der Waals surface area (Å²) in [6.07, 6.45) is 4.18. The van der Waals surface area contributed by atoms with Gasteiger partial charge in [-0.15, -0.1) is 0 Å². The van der Waals surface area contributed by atoms with Crippen molar-refractivity contribution in [3.8, 4) is 0 Å². The lowest BCUT2D eigenvalue weighted by Gasteiger charge is -2.03. The number of rotatable bonds is 4. The molecule has 1 aromatic rings. The molecule has 0 unspecified atom stereocenters. The fourth-order valence-electron chi connectivity index (χ4n) is 1.04. The maximum atomic E-state index is 5.51. The number of aromatic nitrogens is 2. The largest absolute Gasteiger partial charge is 0.325 e. The van der Waals surface area contributed by atoms with Crippen LogP contribution in [0, 0.1) is 0 Å². The summed E-state index contributed by atoms with van der Waals surface area (Å²) in [5.41, 5.74) is 6.63. The van der Waals surface area contributed by atoms with Gasteiger partial charge in [0.1, 0.15) is 0 Å². The van der Waals surface area contributed by atoms with E-state index >= 15 is 0 Å². The summed E-state index contributed by atoms with van der Waals surface area (Å²) in [7, 11) is 0. The minimum Gasteiger partial charge on any atom is -0.325 e. The first-order chi connectivity index (χ1) is 5.38. The Morgan fingerprint density at radius 3 is 3.09 bits per heavy atom. The lowest BCUT2D eigenvalue weighted by atomic mass is 10.3. The molecular weight excluding hydrogens is 138 g/mol. The van der Waals surface area contributed by atoms with E-state index in [-0.39, 0.29) is 0 Å². The van der Waals surface area contributed by atoms with Crippen LogP contribution in [0.4, 0.5) is 0 Å². The molecule has 0 saturated heterocycles. The molecular formula is C8H15N3. The van der Waals surface area contributed by atoms with E-state index < -0.39 is 0 Å². The Morgan fingerprint density at radius 2 is 2.45 bits per heavy atom. The standard InChI is InChI=1S/C8H15N3/c1-2-3-6-11-8(7-9)4-5-10-11/h4-5H,2-3,6-7,9H2,1H3. The molecule has 11 heavy (non-hydrogen) atoms. The number of aryl methyl sites for hydroxylation is 1. The Bertz CT molecular complexity index is 205. The summed E-state index contributed by atoms with van der Waals surface area (Å²) in [4.78, 5) is 0. The van der Waals surface area contributed by atoms with Crippen LogP contribution in [0.1, 0.15) is 25.5 Å². The fourth-order valence-corrected chi connectivity index (χ4v) is 1.04. The molecule has 3 nitrogen and oxygen atoms in total. The van der Waals surface area contributed by atoms with Gasteiger partial charge in [0.25, 0.3) is 0 Å². The second kappa shape index (κ2) is 4.13. The molecule has 1 aromatic heterocycles. The third kappa shape index (κ3) is 2.05. The van der Waals surface area contributed by atoms with Crippen LogP contribution in [0.5, 0.6) is 0 Å². The second-order valence-electron chi connectivity index (χ2n) is 2.60. The van der Waals surface area contributed by atoms with E-state index in [0.29, 0.717) is 6.54 Å². The van der Waals surface area contributed by atoms with E-state index in [1.165, 1.54) is 12.8 Å². The summed E-state index contributed by atoms with van der Waals surface area (Å²) >= 11 is 0. The van der Waals surface area contributed by atoms with Crippen molar-refractivity contribution in [2.75, 3.05) is 0 Å². The summed E-state index contributed by atoms with van der Waals surface area (Å²) in [6.45, 7) is 3.76. The lowest BCUT2D eigenvalue weighted by Crippen LogP contribution is -2.08. The van der Waals surface area contributed by atoms with Gasteiger partial charge in [-0.1, -0.05) is 13.3 Å². The topological polar surface area (TPSA) is 43.8 Å². The SMILES string of the molecule is CCCCn1nccc1CN. The van der Waals surface area contributed by atoms with Crippen LogP contribution in [-0.4, -0.2) is 9.78 Å². The van der Waals surface area contributed by atoms with Gasteiger partial charge in [0, 0.05) is 19.3 Å². The summed E-state index contributed by atoms with van der Waals surface area (Å²) in [5.74, 6) is 0. The zero-order valence-electron chi connectivity index (χ0n) is 6.95. The van der Waals surface area contributed by atoms with Crippen molar-refractivity contribution in [2.24, 2.45) is 5.73 Å². The third-order valence-electron chi connectivity index (χ3n) is 1.74. The molecule has 0 aliphatic carbocycles. The first kappa shape index (κ1) is 8.27. The molecule has 0 bridgehead atoms. The molecule has 0 aliphatic rings. The maximum absolute atomic E-state index is 5.51. The Morgan fingerprint density at radius 1 is 1.64 bits per heavy atom. The quantitative estimate of drug-likeness (QED) is 0.705. The van der Waals surface area contributed by atoms with Gasteiger partial charge in [-0.3, -0.25) is 4.68 Å². The molecule has 0 radical (unpaired) electrons. The number of nitrogens with zero attached hydrogens (tertiary/aromatic N) is 2. The zero-order valence-corrected chi connectivity index (χ0v) is 6.95. The predicted octanol–water partition coefficient (Wildman–Crippen LogP) is 1.14.